The van der Waals surface area contributed by atoms with Gasteiger partial charge in [-0.2, -0.15) is 0 Å². The fourth-order valence-corrected chi connectivity index (χ4v) is 5.27. The molecule has 0 fully saturated rings. The summed E-state index contributed by atoms with van der Waals surface area (Å²) in [4.78, 5) is 45.7. The molecule has 0 bridgehead atoms. The zero-order valence-corrected chi connectivity index (χ0v) is 22.4. The Bertz CT molecular complexity index is 1750. The van der Waals surface area contributed by atoms with Crippen molar-refractivity contribution in [3.8, 4) is 16.3 Å². The number of nitrogens with zero attached hydrogens (tertiary/aromatic N) is 1. The van der Waals surface area contributed by atoms with Crippen LogP contribution in [0.4, 0.5) is 0 Å². The normalized spacial score (nSPS) is 12.9. The molecule has 0 saturated heterocycles. The number of carbonyl (C=O) groups excluding carboxylic acids is 1. The number of H-pyrrole nitrogens is 1. The molecule has 9 nitrogen and oxygen atoms in total. The maximum atomic E-state index is 13.2. The zero-order valence-electron chi connectivity index (χ0n) is 21.6. The first-order valence-electron chi connectivity index (χ1n) is 12.5. The summed E-state index contributed by atoms with van der Waals surface area (Å²) < 4.78 is 11.7. The third-order valence-corrected chi connectivity index (χ3v) is 7.57. The Morgan fingerprint density at radius 1 is 1.21 bits per heavy atom. The Balaban J connectivity index is 1.35. The molecule has 0 spiro atoms. The number of aryl methyl sites for hydroxylation is 2. The SMILES string of the molecule is CCc1cc2c(=O)c(-c3nc(C)cs3)coc2cc1O[C@H](C)C(=O)N[C@H](Cc1c[nH]c2ccccc12)C(=O)O. The van der Waals surface area contributed by atoms with E-state index in [1.54, 1.807) is 25.3 Å². The van der Waals surface area contributed by atoms with Gasteiger partial charge in [-0.25, -0.2) is 9.78 Å². The van der Waals surface area contributed by atoms with E-state index < -0.39 is 24.0 Å². The van der Waals surface area contributed by atoms with E-state index in [2.05, 4.69) is 15.3 Å². The van der Waals surface area contributed by atoms with Crippen LogP contribution in [-0.2, 0) is 22.4 Å². The van der Waals surface area contributed by atoms with Gasteiger partial charge in [-0.15, -0.1) is 11.3 Å². The molecule has 0 radical (unpaired) electrons. The van der Waals surface area contributed by atoms with Gasteiger partial charge in [-0.05, 0) is 43.5 Å². The number of nitrogens with one attached hydrogen (secondary N) is 2. The lowest BCUT2D eigenvalue weighted by Gasteiger charge is -2.20. The number of ether oxygens (including phenoxy) is 1. The van der Waals surface area contributed by atoms with Crippen molar-refractivity contribution < 1.29 is 23.8 Å². The molecule has 0 aliphatic carbocycles. The van der Waals surface area contributed by atoms with Crippen LogP contribution in [0, 0.1) is 6.92 Å². The van der Waals surface area contributed by atoms with Crippen molar-refractivity contribution in [3.63, 3.8) is 0 Å². The number of hydrogen-bond acceptors (Lipinski definition) is 7. The molecular formula is C29H27N3O6S. The molecular weight excluding hydrogens is 518 g/mol. The first-order valence-corrected chi connectivity index (χ1v) is 13.4. The van der Waals surface area contributed by atoms with Gasteiger partial charge < -0.3 is 24.6 Å². The molecule has 0 aliphatic heterocycles. The number of para-hydroxylation sites is 1. The van der Waals surface area contributed by atoms with Crippen molar-refractivity contribution in [2.24, 2.45) is 0 Å². The van der Waals surface area contributed by atoms with E-state index in [9.17, 15) is 19.5 Å². The van der Waals surface area contributed by atoms with Crippen molar-refractivity contribution in [2.75, 3.05) is 0 Å². The van der Waals surface area contributed by atoms with E-state index in [-0.39, 0.29) is 11.8 Å². The van der Waals surface area contributed by atoms with Gasteiger partial charge >= 0.3 is 5.97 Å². The van der Waals surface area contributed by atoms with Gasteiger partial charge in [-0.3, -0.25) is 9.59 Å². The van der Waals surface area contributed by atoms with Crippen molar-refractivity contribution in [1.29, 1.82) is 0 Å². The van der Waals surface area contributed by atoms with Crippen LogP contribution >= 0.6 is 11.3 Å². The molecule has 5 rings (SSSR count). The summed E-state index contributed by atoms with van der Waals surface area (Å²) >= 11 is 1.37. The van der Waals surface area contributed by atoms with Gasteiger partial charge in [0.2, 0.25) is 5.43 Å². The summed E-state index contributed by atoms with van der Waals surface area (Å²) in [5, 5.41) is 16.1. The smallest absolute Gasteiger partial charge is 0.326 e. The van der Waals surface area contributed by atoms with Crippen LogP contribution in [0.1, 0.15) is 30.7 Å². The number of carboxylic acid groups (broad SMARTS) is 1. The van der Waals surface area contributed by atoms with E-state index in [0.29, 0.717) is 33.7 Å². The fraction of sp³-hybridized carbons (Fsp3) is 0.241. The number of amides is 1. The van der Waals surface area contributed by atoms with Gasteiger partial charge in [0.25, 0.3) is 5.91 Å². The highest BCUT2D eigenvalue weighted by molar-refractivity contribution is 7.13. The van der Waals surface area contributed by atoms with Crippen LogP contribution in [-0.4, -0.2) is 39.1 Å². The predicted molar refractivity (Wildman–Crippen MR) is 149 cm³/mol. The number of aliphatic carboxylic acids is 1. The largest absolute Gasteiger partial charge is 0.480 e. The first kappa shape index (κ1) is 26.2. The maximum absolute atomic E-state index is 13.2. The van der Waals surface area contributed by atoms with Gasteiger partial charge in [0, 0.05) is 40.7 Å². The Hall–Kier alpha value is -4.44. The number of thiazole rings is 1. The van der Waals surface area contributed by atoms with E-state index in [0.717, 1.165) is 27.7 Å². The lowest BCUT2D eigenvalue weighted by Crippen LogP contribution is -2.47. The molecule has 3 N–H and O–H groups in total. The summed E-state index contributed by atoms with van der Waals surface area (Å²) in [6, 6.07) is 9.73. The number of rotatable bonds is 9. The minimum Gasteiger partial charge on any atom is -0.480 e. The standard InChI is InChI=1S/C29H27N3O6S/c1-4-17-9-20-25(37-13-21(26(20)33)28-31-15(2)14-39-28)11-24(17)38-16(3)27(34)32-23(29(35)36)10-18-12-30-22-8-6-5-7-19(18)22/h5-9,11-14,16,23,30H,4,10H2,1-3H3,(H,32,34)(H,35,36)/t16-,23-/m1/s1. The molecule has 39 heavy (non-hydrogen) atoms. The highest BCUT2D eigenvalue weighted by atomic mass is 32.1. The first-order chi connectivity index (χ1) is 18.7. The lowest BCUT2D eigenvalue weighted by molar-refractivity contribution is -0.142. The molecule has 1 amide bonds. The average molecular weight is 546 g/mol. The van der Waals surface area contributed by atoms with Crippen LogP contribution < -0.4 is 15.5 Å². The zero-order chi connectivity index (χ0) is 27.7. The monoisotopic (exact) mass is 545 g/mol. The molecule has 3 aromatic heterocycles. The molecule has 2 aromatic carbocycles. The molecule has 3 heterocycles. The maximum Gasteiger partial charge on any atom is 0.326 e. The molecule has 5 aromatic rings. The number of hydrogen-bond donors (Lipinski definition) is 3. The second kappa shape index (κ2) is 10.7. The van der Waals surface area contributed by atoms with E-state index in [1.807, 2.05) is 43.5 Å². The Morgan fingerprint density at radius 3 is 2.72 bits per heavy atom. The molecule has 200 valence electrons. The summed E-state index contributed by atoms with van der Waals surface area (Å²) in [7, 11) is 0. The van der Waals surface area contributed by atoms with Crippen LogP contribution in [0.25, 0.3) is 32.4 Å². The second-order valence-corrected chi connectivity index (χ2v) is 10.2. The Labute approximate surface area is 227 Å². The Kier molecular flexibility index (Phi) is 7.21. The van der Waals surface area contributed by atoms with Gasteiger partial charge in [0.05, 0.1) is 10.9 Å². The summed E-state index contributed by atoms with van der Waals surface area (Å²) in [5.74, 6) is -1.33. The van der Waals surface area contributed by atoms with E-state index in [4.69, 9.17) is 9.15 Å². The predicted octanol–water partition coefficient (Wildman–Crippen LogP) is 4.85. The molecule has 10 heteroatoms. The molecule has 0 unspecified atom stereocenters. The van der Waals surface area contributed by atoms with Crippen molar-refractivity contribution in [2.45, 2.75) is 45.8 Å². The van der Waals surface area contributed by atoms with Gasteiger partial charge in [0.1, 0.15) is 28.6 Å². The molecule has 0 aliphatic rings. The summed E-state index contributed by atoms with van der Waals surface area (Å²) in [6.07, 6.45) is 2.79. The second-order valence-electron chi connectivity index (χ2n) is 9.31. The summed E-state index contributed by atoms with van der Waals surface area (Å²) in [6.45, 7) is 5.32. The molecule has 2 atom stereocenters. The van der Waals surface area contributed by atoms with E-state index >= 15 is 0 Å². The Morgan fingerprint density at radius 2 is 2.00 bits per heavy atom. The minimum atomic E-state index is -1.14. The van der Waals surface area contributed by atoms with Gasteiger partial charge in [0.15, 0.2) is 6.10 Å². The van der Waals surface area contributed by atoms with Crippen molar-refractivity contribution in [3.05, 3.63) is 81.3 Å². The number of carboxylic acids is 1. The van der Waals surface area contributed by atoms with Crippen LogP contribution in [0.2, 0.25) is 0 Å². The average Bonchev–Trinajstić information content (AvgIpc) is 3.54. The quantitative estimate of drug-likeness (QED) is 0.241. The lowest BCUT2D eigenvalue weighted by atomic mass is 10.0. The fourth-order valence-electron chi connectivity index (χ4n) is 4.47. The molecule has 0 saturated carbocycles. The highest BCUT2D eigenvalue weighted by Gasteiger charge is 2.26. The van der Waals surface area contributed by atoms with E-state index in [1.165, 1.54) is 17.6 Å². The van der Waals surface area contributed by atoms with Crippen LogP contribution in [0.15, 0.2) is 63.4 Å². The topological polar surface area (TPSA) is 135 Å². The number of fused-ring (bicyclic) bond motifs is 2. The van der Waals surface area contributed by atoms with Gasteiger partial charge in [-0.1, -0.05) is 25.1 Å². The third-order valence-electron chi connectivity index (χ3n) is 6.57. The third kappa shape index (κ3) is 5.28. The minimum absolute atomic E-state index is 0.111. The number of aromatic nitrogens is 2. The number of aromatic amines is 1. The van der Waals surface area contributed by atoms with Crippen LogP contribution in [0.5, 0.6) is 5.75 Å². The summed E-state index contributed by atoms with van der Waals surface area (Å²) in [5.41, 5.74) is 3.74. The van der Waals surface area contributed by atoms with Crippen molar-refractivity contribution >= 4 is 45.1 Å². The van der Waals surface area contributed by atoms with Crippen molar-refractivity contribution in [1.82, 2.24) is 15.3 Å². The van der Waals surface area contributed by atoms with Crippen LogP contribution in [0.3, 0.4) is 0 Å². The highest BCUT2D eigenvalue weighted by Crippen LogP contribution is 2.29. The number of benzene rings is 2. The number of carbonyl (C=O) groups is 2.